The zero-order valence-corrected chi connectivity index (χ0v) is 8.97. The molecule has 0 aliphatic carbocycles. The average Bonchev–Trinajstić information content (AvgIpc) is 2.01. The van der Waals surface area contributed by atoms with Crippen molar-refractivity contribution in [1.29, 1.82) is 0 Å². The lowest BCUT2D eigenvalue weighted by molar-refractivity contribution is 0.415. The summed E-state index contributed by atoms with van der Waals surface area (Å²) in [7, 11) is 0. The summed E-state index contributed by atoms with van der Waals surface area (Å²) in [5.41, 5.74) is 5.44. The van der Waals surface area contributed by atoms with E-state index in [-0.39, 0.29) is 0 Å². The molecule has 0 aromatic carbocycles. The lowest BCUT2D eigenvalue weighted by Crippen LogP contribution is -2.01. The third-order valence-electron chi connectivity index (χ3n) is 2.39. The lowest BCUT2D eigenvalue weighted by atomic mass is 9.95. The maximum atomic E-state index is 5.44. The number of hydrogen-bond donors (Lipinski definition) is 1. The minimum Gasteiger partial charge on any atom is -0.330 e. The van der Waals surface area contributed by atoms with Gasteiger partial charge < -0.3 is 5.73 Å². The first-order chi connectivity index (χ1) is 5.66. The summed E-state index contributed by atoms with van der Waals surface area (Å²) in [6, 6.07) is 0. The van der Waals surface area contributed by atoms with Crippen molar-refractivity contribution in [2.75, 3.05) is 6.54 Å². The van der Waals surface area contributed by atoms with Gasteiger partial charge in [-0.05, 0) is 24.8 Å². The van der Waals surface area contributed by atoms with E-state index >= 15 is 0 Å². The van der Waals surface area contributed by atoms with Crippen LogP contribution in [0.25, 0.3) is 0 Å². The molecular formula is C11H25N. The Bertz CT molecular complexity index is 89.0. The molecule has 0 radical (unpaired) electrons. The van der Waals surface area contributed by atoms with E-state index in [1.807, 2.05) is 0 Å². The number of unbranched alkanes of at least 4 members (excludes halogenated alkanes) is 1. The first kappa shape index (κ1) is 12.0. The molecule has 0 amide bonds. The van der Waals surface area contributed by atoms with E-state index in [1.54, 1.807) is 0 Å². The van der Waals surface area contributed by atoms with Crippen LogP contribution in [0, 0.1) is 11.8 Å². The quantitative estimate of drug-likeness (QED) is 0.585. The predicted octanol–water partition coefficient (Wildman–Crippen LogP) is 3.19. The molecule has 2 N–H and O–H groups in total. The van der Waals surface area contributed by atoms with Crippen LogP contribution in [0.15, 0.2) is 0 Å². The van der Waals surface area contributed by atoms with Gasteiger partial charge in [0.2, 0.25) is 0 Å². The number of rotatable bonds is 7. The molecule has 0 rings (SSSR count). The van der Waals surface area contributed by atoms with E-state index in [0.717, 1.165) is 18.4 Å². The minimum absolute atomic E-state index is 0.858. The predicted molar refractivity (Wildman–Crippen MR) is 56.1 cm³/mol. The van der Waals surface area contributed by atoms with Crippen LogP contribution in [-0.4, -0.2) is 6.54 Å². The summed E-state index contributed by atoms with van der Waals surface area (Å²) in [5.74, 6) is 1.76. The smallest absolute Gasteiger partial charge is 0.00773 e. The van der Waals surface area contributed by atoms with Gasteiger partial charge >= 0.3 is 0 Å². The third kappa shape index (κ3) is 8.06. The van der Waals surface area contributed by atoms with Gasteiger partial charge in [0.25, 0.3) is 0 Å². The average molecular weight is 171 g/mol. The standard InChI is InChI=1S/C11H25N/c1-10(2)7-8-11(3)6-4-5-9-12/h10-11H,4-9,12H2,1-3H3. The molecule has 12 heavy (non-hydrogen) atoms. The SMILES string of the molecule is CC(C)CCC(C)CCCCN. The summed E-state index contributed by atoms with van der Waals surface area (Å²) < 4.78 is 0. The Hall–Kier alpha value is -0.0400. The van der Waals surface area contributed by atoms with Gasteiger partial charge in [0.05, 0.1) is 0 Å². The summed E-state index contributed by atoms with van der Waals surface area (Å²) in [6.45, 7) is 7.81. The molecule has 0 aromatic heterocycles. The van der Waals surface area contributed by atoms with Crippen molar-refractivity contribution in [3.05, 3.63) is 0 Å². The van der Waals surface area contributed by atoms with Gasteiger partial charge in [0.1, 0.15) is 0 Å². The zero-order chi connectivity index (χ0) is 9.40. The molecule has 0 heterocycles. The highest BCUT2D eigenvalue weighted by Crippen LogP contribution is 2.16. The molecule has 0 aliphatic heterocycles. The highest BCUT2D eigenvalue weighted by Gasteiger charge is 2.02. The molecule has 74 valence electrons. The Morgan fingerprint density at radius 1 is 0.917 bits per heavy atom. The summed E-state index contributed by atoms with van der Waals surface area (Å²) in [5, 5.41) is 0. The van der Waals surface area contributed by atoms with Gasteiger partial charge in [0.15, 0.2) is 0 Å². The fourth-order valence-corrected chi connectivity index (χ4v) is 1.40. The molecule has 0 saturated heterocycles. The minimum atomic E-state index is 0.858. The monoisotopic (exact) mass is 171 g/mol. The molecule has 0 spiro atoms. The van der Waals surface area contributed by atoms with Gasteiger partial charge in [-0.1, -0.05) is 46.5 Å². The zero-order valence-electron chi connectivity index (χ0n) is 8.97. The molecule has 0 fully saturated rings. The van der Waals surface area contributed by atoms with E-state index in [2.05, 4.69) is 20.8 Å². The first-order valence-electron chi connectivity index (χ1n) is 5.37. The van der Waals surface area contributed by atoms with Crippen LogP contribution in [0.4, 0.5) is 0 Å². The van der Waals surface area contributed by atoms with Crippen molar-refractivity contribution in [2.24, 2.45) is 17.6 Å². The summed E-state index contributed by atoms with van der Waals surface area (Å²) >= 11 is 0. The maximum Gasteiger partial charge on any atom is -0.00773 e. The Morgan fingerprint density at radius 2 is 1.58 bits per heavy atom. The van der Waals surface area contributed by atoms with Gasteiger partial charge in [-0.3, -0.25) is 0 Å². The second kappa shape index (κ2) is 7.60. The van der Waals surface area contributed by atoms with Gasteiger partial charge in [0, 0.05) is 0 Å². The van der Waals surface area contributed by atoms with Crippen molar-refractivity contribution < 1.29 is 0 Å². The maximum absolute atomic E-state index is 5.44. The number of nitrogens with two attached hydrogens (primary N) is 1. The fraction of sp³-hybridized carbons (Fsp3) is 1.00. The van der Waals surface area contributed by atoms with E-state index in [1.165, 1.54) is 32.1 Å². The molecule has 0 bridgehead atoms. The highest BCUT2D eigenvalue weighted by molar-refractivity contribution is 4.56. The Morgan fingerprint density at radius 3 is 2.08 bits per heavy atom. The first-order valence-corrected chi connectivity index (χ1v) is 5.37. The molecule has 0 aliphatic rings. The van der Waals surface area contributed by atoms with Gasteiger partial charge in [-0.15, -0.1) is 0 Å². The van der Waals surface area contributed by atoms with Crippen LogP contribution < -0.4 is 5.73 Å². The van der Waals surface area contributed by atoms with Crippen LogP contribution in [0.5, 0.6) is 0 Å². The summed E-state index contributed by atoms with van der Waals surface area (Å²) in [6.07, 6.45) is 6.65. The van der Waals surface area contributed by atoms with Crippen LogP contribution in [0.2, 0.25) is 0 Å². The van der Waals surface area contributed by atoms with E-state index < -0.39 is 0 Å². The van der Waals surface area contributed by atoms with E-state index in [0.29, 0.717) is 0 Å². The van der Waals surface area contributed by atoms with Crippen LogP contribution in [-0.2, 0) is 0 Å². The molecule has 1 nitrogen and oxygen atoms in total. The van der Waals surface area contributed by atoms with Gasteiger partial charge in [-0.2, -0.15) is 0 Å². The van der Waals surface area contributed by atoms with Crippen molar-refractivity contribution >= 4 is 0 Å². The largest absolute Gasteiger partial charge is 0.330 e. The van der Waals surface area contributed by atoms with Crippen molar-refractivity contribution in [3.63, 3.8) is 0 Å². The second-order valence-corrected chi connectivity index (χ2v) is 4.36. The summed E-state index contributed by atoms with van der Waals surface area (Å²) in [4.78, 5) is 0. The van der Waals surface area contributed by atoms with E-state index in [4.69, 9.17) is 5.73 Å². The topological polar surface area (TPSA) is 26.0 Å². The van der Waals surface area contributed by atoms with Crippen LogP contribution in [0.1, 0.15) is 52.9 Å². The Balaban J connectivity index is 3.15. The molecule has 1 unspecified atom stereocenters. The highest BCUT2D eigenvalue weighted by atomic mass is 14.5. The Labute approximate surface area is 77.7 Å². The van der Waals surface area contributed by atoms with Crippen molar-refractivity contribution in [3.8, 4) is 0 Å². The van der Waals surface area contributed by atoms with E-state index in [9.17, 15) is 0 Å². The molecular weight excluding hydrogens is 146 g/mol. The van der Waals surface area contributed by atoms with Gasteiger partial charge in [-0.25, -0.2) is 0 Å². The third-order valence-corrected chi connectivity index (χ3v) is 2.39. The Kier molecular flexibility index (Phi) is 7.58. The number of hydrogen-bond acceptors (Lipinski definition) is 1. The molecule has 1 atom stereocenters. The second-order valence-electron chi connectivity index (χ2n) is 4.36. The van der Waals surface area contributed by atoms with Crippen molar-refractivity contribution in [1.82, 2.24) is 0 Å². The fourth-order valence-electron chi connectivity index (χ4n) is 1.40. The molecule has 0 saturated carbocycles. The molecule has 1 heteroatoms. The molecule has 0 aromatic rings. The lowest BCUT2D eigenvalue weighted by Gasteiger charge is -2.12. The van der Waals surface area contributed by atoms with Crippen LogP contribution in [0.3, 0.4) is 0 Å². The van der Waals surface area contributed by atoms with Crippen molar-refractivity contribution in [2.45, 2.75) is 52.9 Å². The van der Waals surface area contributed by atoms with Crippen LogP contribution >= 0.6 is 0 Å². The normalized spacial score (nSPS) is 13.8.